The van der Waals surface area contributed by atoms with Gasteiger partial charge < -0.3 is 5.32 Å². The third kappa shape index (κ3) is 6.10. The first-order chi connectivity index (χ1) is 14.1. The molecule has 3 rings (SSSR count). The molecule has 2 atom stereocenters. The van der Waals surface area contributed by atoms with Crippen LogP contribution in [-0.2, 0) is 9.59 Å². The van der Waals surface area contributed by atoms with Gasteiger partial charge in [-0.3, -0.25) is 14.9 Å². The van der Waals surface area contributed by atoms with E-state index in [1.165, 1.54) is 37.0 Å². The first-order valence-electron chi connectivity index (χ1n) is 10.6. The maximum Gasteiger partial charge on any atom is 0.249 e. The maximum atomic E-state index is 12.9. The number of amides is 2. The predicted octanol–water partition coefficient (Wildman–Crippen LogP) is 4.64. The van der Waals surface area contributed by atoms with Crippen LogP contribution in [0.2, 0.25) is 0 Å². The Kier molecular flexibility index (Phi) is 7.75. The Bertz CT molecular complexity index is 802. The standard InChI is InChI=1S/C22H30N4O2S/c1-3-15(2)19(23-18(27)14-13-16-9-7-8-10-16)20(28)24-22-26-25-21(29-22)17-11-5-4-6-12-17/h4-6,11-12,15-16,19H,3,7-10,13-14H2,1-2H3,(H,23,27)(H,24,26,28)/t15-,19+/m1/s1. The van der Waals surface area contributed by atoms with E-state index in [0.29, 0.717) is 17.5 Å². The van der Waals surface area contributed by atoms with Crippen molar-refractivity contribution in [3.63, 3.8) is 0 Å². The van der Waals surface area contributed by atoms with Gasteiger partial charge in [-0.25, -0.2) is 0 Å². The monoisotopic (exact) mass is 414 g/mol. The molecule has 2 aromatic rings. The Hall–Kier alpha value is -2.28. The molecule has 6 nitrogen and oxygen atoms in total. The van der Waals surface area contributed by atoms with Gasteiger partial charge in [0.1, 0.15) is 11.0 Å². The molecule has 0 radical (unpaired) electrons. The van der Waals surface area contributed by atoms with Crippen molar-refractivity contribution in [2.45, 2.75) is 64.8 Å². The normalized spacial score (nSPS) is 16.3. The lowest BCUT2D eigenvalue weighted by molar-refractivity contribution is -0.127. The molecule has 1 heterocycles. The zero-order valence-electron chi connectivity index (χ0n) is 17.2. The highest BCUT2D eigenvalue weighted by Gasteiger charge is 2.27. The van der Waals surface area contributed by atoms with Crippen molar-refractivity contribution >= 4 is 28.3 Å². The number of hydrogen-bond acceptors (Lipinski definition) is 5. The van der Waals surface area contributed by atoms with Crippen molar-refractivity contribution in [1.29, 1.82) is 0 Å². The summed E-state index contributed by atoms with van der Waals surface area (Å²) in [4.78, 5) is 25.3. The molecule has 7 heteroatoms. The Balaban J connectivity index is 1.58. The molecule has 2 amide bonds. The van der Waals surface area contributed by atoms with Crippen LogP contribution in [-0.4, -0.2) is 28.1 Å². The van der Waals surface area contributed by atoms with Gasteiger partial charge in [0.2, 0.25) is 16.9 Å². The maximum absolute atomic E-state index is 12.9. The topological polar surface area (TPSA) is 84.0 Å². The SMILES string of the molecule is CC[C@@H](C)[C@H](NC(=O)CCC1CCCC1)C(=O)Nc1nnc(-c2ccccc2)s1. The second-order valence-corrected chi connectivity index (χ2v) is 8.87. The molecule has 0 aliphatic heterocycles. The molecule has 1 aliphatic rings. The lowest BCUT2D eigenvalue weighted by Crippen LogP contribution is -2.47. The van der Waals surface area contributed by atoms with E-state index < -0.39 is 6.04 Å². The predicted molar refractivity (Wildman–Crippen MR) is 117 cm³/mol. The molecule has 156 valence electrons. The summed E-state index contributed by atoms with van der Waals surface area (Å²) < 4.78 is 0. The van der Waals surface area contributed by atoms with Crippen molar-refractivity contribution in [3.8, 4) is 10.6 Å². The van der Waals surface area contributed by atoms with E-state index >= 15 is 0 Å². The second-order valence-electron chi connectivity index (χ2n) is 7.89. The number of hydrogen-bond donors (Lipinski definition) is 2. The van der Waals surface area contributed by atoms with Crippen LogP contribution in [0.25, 0.3) is 10.6 Å². The van der Waals surface area contributed by atoms with E-state index in [9.17, 15) is 9.59 Å². The highest BCUT2D eigenvalue weighted by atomic mass is 32.1. The lowest BCUT2D eigenvalue weighted by Gasteiger charge is -2.23. The van der Waals surface area contributed by atoms with Crippen LogP contribution in [0.3, 0.4) is 0 Å². The molecule has 0 bridgehead atoms. The van der Waals surface area contributed by atoms with E-state index in [-0.39, 0.29) is 17.7 Å². The summed E-state index contributed by atoms with van der Waals surface area (Å²) in [6, 6.07) is 9.17. The van der Waals surface area contributed by atoms with Gasteiger partial charge in [0.15, 0.2) is 0 Å². The Morgan fingerprint density at radius 2 is 1.90 bits per heavy atom. The van der Waals surface area contributed by atoms with Crippen molar-refractivity contribution in [2.24, 2.45) is 11.8 Å². The smallest absolute Gasteiger partial charge is 0.249 e. The molecule has 0 saturated heterocycles. The Labute approximate surface area is 176 Å². The molecule has 1 aliphatic carbocycles. The van der Waals surface area contributed by atoms with Crippen LogP contribution in [0.15, 0.2) is 30.3 Å². The minimum Gasteiger partial charge on any atom is -0.344 e. The zero-order valence-corrected chi connectivity index (χ0v) is 18.0. The number of anilines is 1. The lowest BCUT2D eigenvalue weighted by atomic mass is 9.97. The van der Waals surface area contributed by atoms with Crippen molar-refractivity contribution in [3.05, 3.63) is 30.3 Å². The average molecular weight is 415 g/mol. The van der Waals surface area contributed by atoms with Crippen molar-refractivity contribution in [1.82, 2.24) is 15.5 Å². The zero-order chi connectivity index (χ0) is 20.6. The van der Waals surface area contributed by atoms with Crippen molar-refractivity contribution in [2.75, 3.05) is 5.32 Å². The van der Waals surface area contributed by atoms with Crippen LogP contribution in [0.1, 0.15) is 58.8 Å². The van der Waals surface area contributed by atoms with Crippen LogP contribution in [0, 0.1) is 11.8 Å². The molecule has 1 saturated carbocycles. The number of nitrogens with zero attached hydrogens (tertiary/aromatic N) is 2. The molecule has 29 heavy (non-hydrogen) atoms. The fourth-order valence-electron chi connectivity index (χ4n) is 3.74. The minimum absolute atomic E-state index is 0.0342. The first kappa shape index (κ1) is 21.4. The van der Waals surface area contributed by atoms with Gasteiger partial charge in [0.25, 0.3) is 0 Å². The molecule has 1 aromatic carbocycles. The van der Waals surface area contributed by atoms with E-state index in [0.717, 1.165) is 23.4 Å². The highest BCUT2D eigenvalue weighted by Crippen LogP contribution is 2.29. The fourth-order valence-corrected chi connectivity index (χ4v) is 4.49. The van der Waals surface area contributed by atoms with Gasteiger partial charge >= 0.3 is 0 Å². The number of rotatable bonds is 9. The molecule has 1 aromatic heterocycles. The summed E-state index contributed by atoms with van der Waals surface area (Å²) in [5, 5.41) is 15.3. The van der Waals surface area contributed by atoms with Gasteiger partial charge in [0.05, 0.1) is 0 Å². The van der Waals surface area contributed by atoms with Crippen LogP contribution in [0.4, 0.5) is 5.13 Å². The van der Waals surface area contributed by atoms with E-state index in [2.05, 4.69) is 20.8 Å². The molecular formula is C22H30N4O2S. The molecular weight excluding hydrogens is 384 g/mol. The van der Waals surface area contributed by atoms with Crippen LogP contribution >= 0.6 is 11.3 Å². The number of carbonyl (C=O) groups excluding carboxylic acids is 2. The summed E-state index contributed by atoms with van der Waals surface area (Å²) in [6.07, 6.45) is 7.20. The van der Waals surface area contributed by atoms with Gasteiger partial charge in [-0.1, -0.05) is 87.6 Å². The van der Waals surface area contributed by atoms with E-state index in [1.807, 2.05) is 44.2 Å². The quantitative estimate of drug-likeness (QED) is 0.626. The number of benzene rings is 1. The third-order valence-corrected chi connectivity index (χ3v) is 6.63. The number of carbonyl (C=O) groups is 2. The summed E-state index contributed by atoms with van der Waals surface area (Å²) in [7, 11) is 0. The van der Waals surface area contributed by atoms with Gasteiger partial charge in [0, 0.05) is 12.0 Å². The summed E-state index contributed by atoms with van der Waals surface area (Å²) in [5.74, 6) is 0.422. The summed E-state index contributed by atoms with van der Waals surface area (Å²) >= 11 is 1.33. The fraction of sp³-hybridized carbons (Fsp3) is 0.545. The minimum atomic E-state index is -0.569. The Morgan fingerprint density at radius 1 is 1.17 bits per heavy atom. The van der Waals surface area contributed by atoms with Gasteiger partial charge in [-0.15, -0.1) is 10.2 Å². The molecule has 0 spiro atoms. The van der Waals surface area contributed by atoms with Crippen LogP contribution in [0.5, 0.6) is 0 Å². The Morgan fingerprint density at radius 3 is 2.59 bits per heavy atom. The summed E-state index contributed by atoms with van der Waals surface area (Å²) in [5.41, 5.74) is 0.962. The van der Waals surface area contributed by atoms with E-state index in [1.54, 1.807) is 0 Å². The highest BCUT2D eigenvalue weighted by molar-refractivity contribution is 7.18. The molecule has 0 unspecified atom stereocenters. The third-order valence-electron chi connectivity index (χ3n) is 5.74. The molecule has 2 N–H and O–H groups in total. The number of nitrogens with one attached hydrogen (secondary N) is 2. The average Bonchev–Trinajstić information content (AvgIpc) is 3.42. The largest absolute Gasteiger partial charge is 0.344 e. The van der Waals surface area contributed by atoms with E-state index in [4.69, 9.17) is 0 Å². The summed E-state index contributed by atoms with van der Waals surface area (Å²) in [6.45, 7) is 4.01. The van der Waals surface area contributed by atoms with Crippen molar-refractivity contribution < 1.29 is 9.59 Å². The molecule has 1 fully saturated rings. The van der Waals surface area contributed by atoms with Crippen LogP contribution < -0.4 is 10.6 Å². The van der Waals surface area contributed by atoms with Gasteiger partial charge in [-0.2, -0.15) is 0 Å². The first-order valence-corrected chi connectivity index (χ1v) is 11.4. The van der Waals surface area contributed by atoms with Gasteiger partial charge in [-0.05, 0) is 18.3 Å². The second kappa shape index (κ2) is 10.5. The number of aromatic nitrogens is 2.